The van der Waals surface area contributed by atoms with Crippen LogP contribution in [0.1, 0.15) is 102 Å². The van der Waals surface area contributed by atoms with Crippen LogP contribution in [0.2, 0.25) is 0 Å². The maximum atomic E-state index is 11.4. The molecule has 0 unspecified atom stereocenters. The first kappa shape index (κ1) is 38.2. The number of aliphatic hydroxyl groups is 2. The van der Waals surface area contributed by atoms with Crippen LogP contribution in [0.3, 0.4) is 0 Å². The molecule has 1 heterocycles. The monoisotopic (exact) mass is 642 g/mol. The lowest BCUT2D eigenvalue weighted by atomic mass is 9.63. The molecule has 256 valence electrons. The van der Waals surface area contributed by atoms with Crippen molar-refractivity contribution >= 4 is 5.97 Å². The summed E-state index contributed by atoms with van der Waals surface area (Å²) in [5, 5.41) is 21.4. The second kappa shape index (κ2) is 14.9. The Morgan fingerprint density at radius 2 is 1.30 bits per heavy atom. The molecule has 2 aliphatic carbocycles. The smallest absolute Gasteiger partial charge is 0.302 e. The van der Waals surface area contributed by atoms with E-state index in [1.165, 1.54) is 6.92 Å². The van der Waals surface area contributed by atoms with Crippen molar-refractivity contribution in [3.63, 3.8) is 0 Å². The number of rotatable bonds is 10. The molecule has 5 atom stereocenters. The van der Waals surface area contributed by atoms with Crippen LogP contribution in [0.15, 0.2) is 113 Å². The molecule has 0 amide bonds. The van der Waals surface area contributed by atoms with E-state index in [9.17, 15) is 15.0 Å². The first-order valence-electron chi connectivity index (χ1n) is 16.9. The number of esters is 1. The molecule has 0 bridgehead atoms. The van der Waals surface area contributed by atoms with Crippen LogP contribution in [0.4, 0.5) is 0 Å². The van der Waals surface area contributed by atoms with Crippen molar-refractivity contribution in [1.29, 1.82) is 0 Å². The Hall–Kier alpha value is -3.21. The average Bonchev–Trinajstić information content (AvgIpc) is 3.53. The highest BCUT2D eigenvalue weighted by atomic mass is 16.6. The summed E-state index contributed by atoms with van der Waals surface area (Å²) >= 11 is 0. The highest BCUT2D eigenvalue weighted by Crippen LogP contribution is 2.66. The van der Waals surface area contributed by atoms with E-state index in [4.69, 9.17) is 9.47 Å². The van der Waals surface area contributed by atoms with Crippen molar-refractivity contribution in [2.24, 2.45) is 10.8 Å². The molecule has 0 spiro atoms. The lowest BCUT2D eigenvalue weighted by Gasteiger charge is -2.44. The Balaban J connectivity index is 1.54. The number of ether oxygens (including phenoxy) is 2. The summed E-state index contributed by atoms with van der Waals surface area (Å²) < 4.78 is 11.7. The van der Waals surface area contributed by atoms with Gasteiger partial charge in [-0.05, 0) is 77.5 Å². The zero-order valence-electron chi connectivity index (χ0n) is 30.6. The van der Waals surface area contributed by atoms with E-state index in [0.29, 0.717) is 19.3 Å². The van der Waals surface area contributed by atoms with Gasteiger partial charge in [0.05, 0.1) is 11.7 Å². The molecule has 1 aliphatic heterocycles. The number of aliphatic hydroxyl groups excluding tert-OH is 1. The molecule has 0 radical (unpaired) electrons. The lowest BCUT2D eigenvalue weighted by molar-refractivity contribution is -0.152. The molecule has 2 saturated carbocycles. The fourth-order valence-corrected chi connectivity index (χ4v) is 7.53. The summed E-state index contributed by atoms with van der Waals surface area (Å²) in [5.41, 5.74) is 6.50. The van der Waals surface area contributed by atoms with Gasteiger partial charge in [0.2, 0.25) is 0 Å². The van der Waals surface area contributed by atoms with Gasteiger partial charge in [0, 0.05) is 30.8 Å². The van der Waals surface area contributed by atoms with E-state index in [2.05, 4.69) is 110 Å². The van der Waals surface area contributed by atoms with Crippen molar-refractivity contribution in [2.75, 3.05) is 0 Å². The molecule has 3 aliphatic rings. The molecule has 3 rings (SSSR count). The Morgan fingerprint density at radius 1 is 0.766 bits per heavy atom. The van der Waals surface area contributed by atoms with Crippen LogP contribution in [-0.2, 0) is 14.3 Å². The van der Waals surface area contributed by atoms with Crippen LogP contribution in [0.25, 0.3) is 0 Å². The standard InChI is InChI=1S/C42H58O5/c1-30(18-14-20-32(3)22-23-37-38(6,7)28-36(46-34(5)43)29-40(37,10)45)16-12-13-17-31(2)19-15-21-33(4)24-25-42-39(8,9)26-35(44)27-41(42,11)47-42/h12-22,24-25,35-36,44-45H,26-29H2,1-11H3/b13-12+,18-14+,19-15+,25-24+,30-16+,31-17+,32-20+,33-21+/t23?,35-,36-,40+,41+,42-/m0/s1. The van der Waals surface area contributed by atoms with Gasteiger partial charge in [0.15, 0.2) is 0 Å². The Kier molecular flexibility index (Phi) is 12.1. The largest absolute Gasteiger partial charge is 0.462 e. The first-order valence-corrected chi connectivity index (χ1v) is 16.9. The van der Waals surface area contributed by atoms with Gasteiger partial charge >= 0.3 is 5.97 Å². The van der Waals surface area contributed by atoms with Crippen molar-refractivity contribution in [1.82, 2.24) is 0 Å². The Bertz CT molecular complexity index is 1470. The topological polar surface area (TPSA) is 79.3 Å². The molecule has 5 nitrogen and oxygen atoms in total. The highest BCUT2D eigenvalue weighted by Gasteiger charge is 2.74. The van der Waals surface area contributed by atoms with E-state index < -0.39 is 5.60 Å². The van der Waals surface area contributed by atoms with Gasteiger partial charge in [-0.25, -0.2) is 0 Å². The minimum Gasteiger partial charge on any atom is -0.462 e. The van der Waals surface area contributed by atoms with E-state index in [-0.39, 0.29) is 40.2 Å². The molecular formula is C42H58O5. The second-order valence-electron chi connectivity index (χ2n) is 15.6. The lowest BCUT2D eigenvalue weighted by Crippen LogP contribution is -2.46. The van der Waals surface area contributed by atoms with Gasteiger partial charge in [-0.3, -0.25) is 4.79 Å². The number of hydrogen-bond acceptors (Lipinski definition) is 5. The SMILES string of the molecule is CC(=O)O[C@H]1CC(C)(C)C(=C=C/C(C)=C/C=C/C(C)=C/C=C/C=C(C)/C=C/C=C(C)/C=C/[C@@]23O[C@]2(C)C[C@@H](O)CC3(C)C)[C@](C)(O)C1. The Morgan fingerprint density at radius 3 is 1.83 bits per heavy atom. The number of epoxide rings is 1. The molecule has 47 heavy (non-hydrogen) atoms. The average molecular weight is 643 g/mol. The number of carbonyl (C=O) groups is 1. The number of carbonyl (C=O) groups excluding carboxylic acids is 1. The molecule has 0 aromatic rings. The maximum Gasteiger partial charge on any atom is 0.302 e. The van der Waals surface area contributed by atoms with Gasteiger partial charge in [-0.1, -0.05) is 111 Å². The van der Waals surface area contributed by atoms with Gasteiger partial charge in [-0.2, -0.15) is 0 Å². The molecule has 1 saturated heterocycles. The summed E-state index contributed by atoms with van der Waals surface area (Å²) in [4.78, 5) is 11.4. The summed E-state index contributed by atoms with van der Waals surface area (Å²) in [5.74, 6) is -0.318. The molecule has 0 aromatic heterocycles. The normalized spacial score (nSPS) is 33.1. The number of fused-ring (bicyclic) bond motifs is 1. The fraction of sp³-hybridized carbons (Fsp3) is 0.524. The Labute approximate surface area is 284 Å². The molecule has 5 heteroatoms. The summed E-state index contributed by atoms with van der Waals surface area (Å²) in [6, 6.07) is 0. The zero-order valence-corrected chi connectivity index (χ0v) is 30.6. The van der Waals surface area contributed by atoms with Crippen LogP contribution in [0.5, 0.6) is 0 Å². The minimum atomic E-state index is -1.09. The van der Waals surface area contributed by atoms with Crippen molar-refractivity contribution < 1.29 is 24.5 Å². The van der Waals surface area contributed by atoms with Crippen molar-refractivity contribution in [2.45, 2.75) is 131 Å². The third-order valence-corrected chi connectivity index (χ3v) is 9.71. The quantitative estimate of drug-likeness (QED) is 0.107. The molecule has 2 N–H and O–H groups in total. The zero-order chi connectivity index (χ0) is 35.3. The van der Waals surface area contributed by atoms with Gasteiger partial charge in [-0.15, -0.1) is 5.73 Å². The van der Waals surface area contributed by atoms with E-state index in [1.54, 1.807) is 6.92 Å². The summed E-state index contributed by atoms with van der Waals surface area (Å²) in [6.45, 7) is 22.0. The summed E-state index contributed by atoms with van der Waals surface area (Å²) in [7, 11) is 0. The van der Waals surface area contributed by atoms with Crippen LogP contribution in [0, 0.1) is 10.8 Å². The number of hydrogen-bond donors (Lipinski definition) is 2. The third kappa shape index (κ3) is 9.90. The first-order chi connectivity index (χ1) is 21.7. The molecule has 3 fully saturated rings. The van der Waals surface area contributed by atoms with Crippen LogP contribution < -0.4 is 0 Å². The predicted molar refractivity (Wildman–Crippen MR) is 194 cm³/mol. The molecular weight excluding hydrogens is 584 g/mol. The van der Waals surface area contributed by atoms with Crippen LogP contribution in [-0.4, -0.2) is 45.2 Å². The fourth-order valence-electron chi connectivity index (χ4n) is 7.53. The van der Waals surface area contributed by atoms with Crippen LogP contribution >= 0.6 is 0 Å². The van der Waals surface area contributed by atoms with E-state index in [1.807, 2.05) is 37.3 Å². The number of allylic oxidation sites excluding steroid dienone is 15. The van der Waals surface area contributed by atoms with E-state index >= 15 is 0 Å². The van der Waals surface area contributed by atoms with E-state index in [0.717, 1.165) is 34.3 Å². The molecule has 0 aromatic carbocycles. The van der Waals surface area contributed by atoms with Gasteiger partial charge in [0.25, 0.3) is 0 Å². The van der Waals surface area contributed by atoms with Gasteiger partial charge in [0.1, 0.15) is 17.3 Å². The maximum absolute atomic E-state index is 11.4. The second-order valence-corrected chi connectivity index (χ2v) is 15.6. The predicted octanol–water partition coefficient (Wildman–Crippen LogP) is 9.29. The minimum absolute atomic E-state index is 0.109. The third-order valence-electron chi connectivity index (χ3n) is 9.71. The van der Waals surface area contributed by atoms with Crippen molar-refractivity contribution in [3.8, 4) is 0 Å². The summed E-state index contributed by atoms with van der Waals surface area (Å²) in [6.07, 6.45) is 28.7. The van der Waals surface area contributed by atoms with Gasteiger partial charge < -0.3 is 19.7 Å². The highest BCUT2D eigenvalue weighted by molar-refractivity contribution is 5.66. The van der Waals surface area contributed by atoms with Crippen molar-refractivity contribution in [3.05, 3.63) is 113 Å².